The molecule has 0 unspecified atom stereocenters. The van der Waals surface area contributed by atoms with Crippen molar-refractivity contribution in [3.05, 3.63) is 48.3 Å². The van der Waals surface area contributed by atoms with Gasteiger partial charge in [-0.25, -0.2) is 8.42 Å². The molecule has 0 saturated carbocycles. The summed E-state index contributed by atoms with van der Waals surface area (Å²) in [6.45, 7) is 2.20. The number of piperidine rings is 1. The standard InChI is InChI=1S/C22H27N3O5S/c26-22(24-11-7-18-4-1-2-10-23-18)17-8-12-25(13-9-17)31(27,28)19-5-6-20-21(16-19)30-15-3-14-29-20/h1-2,4-6,10,16-17H,3,7-9,11-15H2,(H,24,26). The van der Waals surface area contributed by atoms with Gasteiger partial charge in [0.05, 0.1) is 18.1 Å². The molecule has 9 heteroatoms. The van der Waals surface area contributed by atoms with Crippen LogP contribution in [0.4, 0.5) is 0 Å². The average molecular weight is 446 g/mol. The number of fused-ring (bicyclic) bond motifs is 1. The van der Waals surface area contributed by atoms with Gasteiger partial charge in [0.15, 0.2) is 11.5 Å². The molecular weight excluding hydrogens is 418 g/mol. The molecular formula is C22H27N3O5S. The van der Waals surface area contributed by atoms with E-state index < -0.39 is 10.0 Å². The molecule has 1 fully saturated rings. The Bertz CT molecular complexity index is 1010. The third-order valence-corrected chi connectivity index (χ3v) is 7.48. The zero-order chi connectivity index (χ0) is 21.7. The summed E-state index contributed by atoms with van der Waals surface area (Å²) >= 11 is 0. The highest BCUT2D eigenvalue weighted by Crippen LogP contribution is 2.33. The van der Waals surface area contributed by atoms with Gasteiger partial charge in [0.25, 0.3) is 0 Å². The second kappa shape index (κ2) is 9.65. The topological polar surface area (TPSA) is 97.8 Å². The van der Waals surface area contributed by atoms with Gasteiger partial charge in [-0.3, -0.25) is 9.78 Å². The summed E-state index contributed by atoms with van der Waals surface area (Å²) in [5, 5.41) is 2.95. The summed E-state index contributed by atoms with van der Waals surface area (Å²) < 4.78 is 38.8. The molecule has 2 aliphatic heterocycles. The second-order valence-electron chi connectivity index (χ2n) is 7.70. The van der Waals surface area contributed by atoms with E-state index in [1.165, 1.54) is 10.4 Å². The summed E-state index contributed by atoms with van der Waals surface area (Å²) in [4.78, 5) is 16.9. The molecule has 1 saturated heterocycles. The molecule has 0 spiro atoms. The summed E-state index contributed by atoms with van der Waals surface area (Å²) in [6.07, 6.45) is 4.16. The maximum atomic E-state index is 13.1. The first-order valence-electron chi connectivity index (χ1n) is 10.6. The average Bonchev–Trinajstić information content (AvgIpc) is 3.05. The van der Waals surface area contributed by atoms with Gasteiger partial charge in [-0.1, -0.05) is 6.07 Å². The summed E-state index contributed by atoms with van der Waals surface area (Å²) in [6, 6.07) is 10.4. The number of nitrogens with one attached hydrogen (secondary N) is 1. The minimum absolute atomic E-state index is 0.0245. The van der Waals surface area contributed by atoms with Gasteiger partial charge >= 0.3 is 0 Å². The summed E-state index contributed by atoms with van der Waals surface area (Å²) in [5.74, 6) is 0.820. The Kier molecular flexibility index (Phi) is 6.72. The Hall–Kier alpha value is -2.65. The monoisotopic (exact) mass is 445 g/mol. The van der Waals surface area contributed by atoms with Crippen LogP contribution in [0.2, 0.25) is 0 Å². The van der Waals surface area contributed by atoms with Crippen molar-refractivity contribution >= 4 is 15.9 Å². The van der Waals surface area contributed by atoms with Crippen LogP contribution in [0.25, 0.3) is 0 Å². The van der Waals surface area contributed by atoms with Gasteiger partial charge in [-0.2, -0.15) is 4.31 Å². The van der Waals surface area contributed by atoms with Gasteiger partial charge in [0.1, 0.15) is 0 Å². The molecule has 1 aromatic heterocycles. The van der Waals surface area contributed by atoms with E-state index in [0.29, 0.717) is 63.6 Å². The van der Waals surface area contributed by atoms with Crippen molar-refractivity contribution in [2.45, 2.75) is 30.6 Å². The minimum Gasteiger partial charge on any atom is -0.490 e. The van der Waals surface area contributed by atoms with Gasteiger partial charge in [0, 0.05) is 56.4 Å². The van der Waals surface area contributed by atoms with E-state index in [9.17, 15) is 13.2 Å². The largest absolute Gasteiger partial charge is 0.490 e. The minimum atomic E-state index is -3.65. The van der Waals surface area contributed by atoms with Gasteiger partial charge in [-0.15, -0.1) is 0 Å². The molecule has 4 rings (SSSR count). The van der Waals surface area contributed by atoms with Gasteiger partial charge < -0.3 is 14.8 Å². The number of pyridine rings is 1. The van der Waals surface area contributed by atoms with Crippen LogP contribution in [0.5, 0.6) is 11.5 Å². The van der Waals surface area contributed by atoms with Crippen LogP contribution in [0.3, 0.4) is 0 Å². The highest BCUT2D eigenvalue weighted by molar-refractivity contribution is 7.89. The van der Waals surface area contributed by atoms with Crippen LogP contribution in [0.15, 0.2) is 47.5 Å². The van der Waals surface area contributed by atoms with E-state index >= 15 is 0 Å². The SMILES string of the molecule is O=C(NCCc1ccccn1)C1CCN(S(=O)(=O)c2ccc3c(c2)OCCCO3)CC1. The molecule has 0 aliphatic carbocycles. The molecule has 166 valence electrons. The van der Waals surface area contributed by atoms with Crippen LogP contribution in [-0.4, -0.2) is 56.5 Å². The molecule has 0 radical (unpaired) electrons. The molecule has 8 nitrogen and oxygen atoms in total. The Labute approximate surface area is 182 Å². The number of ether oxygens (including phenoxy) is 2. The number of benzene rings is 1. The van der Waals surface area contributed by atoms with E-state index in [-0.39, 0.29) is 16.7 Å². The zero-order valence-electron chi connectivity index (χ0n) is 17.3. The van der Waals surface area contributed by atoms with Crippen molar-refractivity contribution in [3.8, 4) is 11.5 Å². The first-order chi connectivity index (χ1) is 15.0. The van der Waals surface area contributed by atoms with E-state index in [0.717, 1.165) is 12.1 Å². The van der Waals surface area contributed by atoms with E-state index in [1.54, 1.807) is 18.3 Å². The fourth-order valence-electron chi connectivity index (χ4n) is 3.82. The number of nitrogens with zero attached hydrogens (tertiary/aromatic N) is 2. The van der Waals surface area contributed by atoms with Crippen molar-refractivity contribution in [3.63, 3.8) is 0 Å². The lowest BCUT2D eigenvalue weighted by Crippen LogP contribution is -2.43. The molecule has 0 bridgehead atoms. The lowest BCUT2D eigenvalue weighted by Gasteiger charge is -2.30. The fraction of sp³-hybridized carbons (Fsp3) is 0.455. The highest BCUT2D eigenvalue weighted by Gasteiger charge is 2.32. The number of amides is 1. The molecule has 3 heterocycles. The normalized spacial score (nSPS) is 17.7. The lowest BCUT2D eigenvalue weighted by molar-refractivity contribution is -0.126. The quantitative estimate of drug-likeness (QED) is 0.730. The van der Waals surface area contributed by atoms with E-state index in [1.807, 2.05) is 18.2 Å². The first kappa shape index (κ1) is 21.6. The van der Waals surface area contributed by atoms with Crippen LogP contribution in [-0.2, 0) is 21.2 Å². The lowest BCUT2D eigenvalue weighted by atomic mass is 9.97. The van der Waals surface area contributed by atoms with Crippen molar-refractivity contribution in [1.29, 1.82) is 0 Å². The predicted molar refractivity (Wildman–Crippen MR) is 114 cm³/mol. The maximum absolute atomic E-state index is 13.1. The van der Waals surface area contributed by atoms with Crippen molar-refractivity contribution in [1.82, 2.24) is 14.6 Å². The number of hydrogen-bond donors (Lipinski definition) is 1. The number of carbonyl (C=O) groups excluding carboxylic acids is 1. The Morgan fingerprint density at radius 2 is 1.87 bits per heavy atom. The molecule has 1 aromatic carbocycles. The van der Waals surface area contributed by atoms with E-state index in [4.69, 9.17) is 9.47 Å². The van der Waals surface area contributed by atoms with Crippen molar-refractivity contribution in [2.24, 2.45) is 5.92 Å². The number of hydrogen-bond acceptors (Lipinski definition) is 6. The molecule has 2 aromatic rings. The van der Waals surface area contributed by atoms with Gasteiger partial charge in [-0.05, 0) is 37.1 Å². The third kappa shape index (κ3) is 5.16. The molecule has 1 amide bonds. The number of sulfonamides is 1. The van der Waals surface area contributed by atoms with Crippen LogP contribution < -0.4 is 14.8 Å². The van der Waals surface area contributed by atoms with E-state index in [2.05, 4.69) is 10.3 Å². The Balaban J connectivity index is 1.31. The Morgan fingerprint density at radius 3 is 2.61 bits per heavy atom. The van der Waals surface area contributed by atoms with Crippen molar-refractivity contribution in [2.75, 3.05) is 32.8 Å². The predicted octanol–water partition coefficient (Wildman–Crippen LogP) is 2.00. The maximum Gasteiger partial charge on any atom is 0.243 e. The van der Waals surface area contributed by atoms with Crippen LogP contribution in [0.1, 0.15) is 25.0 Å². The molecule has 0 atom stereocenters. The molecule has 2 aliphatic rings. The first-order valence-corrected chi connectivity index (χ1v) is 12.1. The summed E-state index contributed by atoms with van der Waals surface area (Å²) in [5.41, 5.74) is 0.929. The van der Waals surface area contributed by atoms with Gasteiger partial charge in [0.2, 0.25) is 15.9 Å². The van der Waals surface area contributed by atoms with Crippen molar-refractivity contribution < 1.29 is 22.7 Å². The molecule has 1 N–H and O–H groups in total. The van der Waals surface area contributed by atoms with Crippen LogP contribution in [0, 0.1) is 5.92 Å². The molecule has 31 heavy (non-hydrogen) atoms. The second-order valence-corrected chi connectivity index (χ2v) is 9.64. The summed E-state index contributed by atoms with van der Waals surface area (Å²) in [7, 11) is -3.65. The third-order valence-electron chi connectivity index (χ3n) is 5.59. The number of aromatic nitrogens is 1. The number of carbonyl (C=O) groups is 1. The highest BCUT2D eigenvalue weighted by atomic mass is 32.2. The Morgan fingerprint density at radius 1 is 1.10 bits per heavy atom. The number of rotatable bonds is 6. The smallest absolute Gasteiger partial charge is 0.243 e. The zero-order valence-corrected chi connectivity index (χ0v) is 18.1. The van der Waals surface area contributed by atoms with Crippen LogP contribution >= 0.6 is 0 Å². The fourth-order valence-corrected chi connectivity index (χ4v) is 5.30.